The molecular formula is C21H21N3O3. The highest BCUT2D eigenvalue weighted by atomic mass is 16.2. The van der Waals surface area contributed by atoms with Gasteiger partial charge in [-0.15, -0.1) is 0 Å². The van der Waals surface area contributed by atoms with Crippen LogP contribution in [0.1, 0.15) is 30.0 Å². The quantitative estimate of drug-likeness (QED) is 0.820. The van der Waals surface area contributed by atoms with Crippen molar-refractivity contribution in [2.24, 2.45) is 0 Å². The van der Waals surface area contributed by atoms with E-state index >= 15 is 0 Å². The normalized spacial score (nSPS) is 20.7. The molecule has 2 N–H and O–H groups in total. The van der Waals surface area contributed by atoms with Crippen molar-refractivity contribution in [2.45, 2.75) is 31.7 Å². The number of carbonyl (C=O) groups is 3. The van der Waals surface area contributed by atoms with Gasteiger partial charge in [0.05, 0.1) is 0 Å². The van der Waals surface area contributed by atoms with Crippen LogP contribution < -0.4 is 10.6 Å². The molecule has 1 saturated heterocycles. The molecular weight excluding hydrogens is 342 g/mol. The SMILES string of the molecule is CCc1ccc(NC(=O)CN2C(=O)NC3(CCc4ccccc43)C2=O)cc1. The smallest absolute Gasteiger partial charge is 0.325 e. The van der Waals surface area contributed by atoms with E-state index in [1.165, 1.54) is 5.56 Å². The van der Waals surface area contributed by atoms with E-state index in [0.29, 0.717) is 12.1 Å². The van der Waals surface area contributed by atoms with E-state index in [-0.39, 0.29) is 12.5 Å². The summed E-state index contributed by atoms with van der Waals surface area (Å²) in [7, 11) is 0. The van der Waals surface area contributed by atoms with Crippen molar-refractivity contribution in [3.63, 3.8) is 0 Å². The molecule has 1 fully saturated rings. The molecule has 27 heavy (non-hydrogen) atoms. The van der Waals surface area contributed by atoms with Gasteiger partial charge in [-0.2, -0.15) is 0 Å². The Bertz CT molecular complexity index is 923. The molecule has 6 heteroatoms. The van der Waals surface area contributed by atoms with Gasteiger partial charge in [-0.05, 0) is 48.1 Å². The lowest BCUT2D eigenvalue weighted by atomic mass is 9.92. The summed E-state index contributed by atoms with van der Waals surface area (Å²) < 4.78 is 0. The first-order valence-electron chi connectivity index (χ1n) is 9.15. The summed E-state index contributed by atoms with van der Waals surface area (Å²) >= 11 is 0. The highest BCUT2D eigenvalue weighted by Gasteiger charge is 2.55. The van der Waals surface area contributed by atoms with Gasteiger partial charge >= 0.3 is 6.03 Å². The molecule has 1 aliphatic heterocycles. The molecule has 138 valence electrons. The number of anilines is 1. The molecule has 0 bridgehead atoms. The summed E-state index contributed by atoms with van der Waals surface area (Å²) in [5.41, 5.74) is 2.68. The summed E-state index contributed by atoms with van der Waals surface area (Å²) in [4.78, 5) is 38.9. The molecule has 1 spiro atoms. The van der Waals surface area contributed by atoms with Crippen LogP contribution in [-0.4, -0.2) is 29.3 Å². The minimum absolute atomic E-state index is 0.301. The van der Waals surface area contributed by atoms with Gasteiger partial charge in [-0.25, -0.2) is 4.79 Å². The highest BCUT2D eigenvalue weighted by Crippen LogP contribution is 2.41. The number of amides is 4. The van der Waals surface area contributed by atoms with Crippen molar-refractivity contribution in [1.29, 1.82) is 0 Å². The molecule has 2 aromatic rings. The Balaban J connectivity index is 1.49. The van der Waals surface area contributed by atoms with Crippen molar-refractivity contribution >= 4 is 23.5 Å². The molecule has 2 aromatic carbocycles. The minimum Gasteiger partial charge on any atom is -0.325 e. The van der Waals surface area contributed by atoms with Gasteiger partial charge in [0.2, 0.25) is 5.91 Å². The minimum atomic E-state index is -1.03. The van der Waals surface area contributed by atoms with Crippen LogP contribution in [0.25, 0.3) is 0 Å². The zero-order valence-corrected chi connectivity index (χ0v) is 15.1. The molecule has 1 unspecified atom stereocenters. The van der Waals surface area contributed by atoms with Crippen LogP contribution in [0, 0.1) is 0 Å². The predicted octanol–water partition coefficient (Wildman–Crippen LogP) is 2.58. The van der Waals surface area contributed by atoms with Gasteiger partial charge in [0.15, 0.2) is 0 Å². The Morgan fingerprint density at radius 2 is 1.89 bits per heavy atom. The zero-order chi connectivity index (χ0) is 19.0. The number of rotatable bonds is 4. The molecule has 0 aromatic heterocycles. The molecule has 6 nitrogen and oxygen atoms in total. The maximum atomic E-state index is 13.0. The Hall–Kier alpha value is -3.15. The number of carbonyl (C=O) groups excluding carboxylic acids is 3. The lowest BCUT2D eigenvalue weighted by Gasteiger charge is -2.22. The summed E-state index contributed by atoms with van der Waals surface area (Å²) in [6.45, 7) is 1.76. The zero-order valence-electron chi connectivity index (χ0n) is 15.1. The van der Waals surface area contributed by atoms with Crippen LogP contribution >= 0.6 is 0 Å². The van der Waals surface area contributed by atoms with Crippen molar-refractivity contribution < 1.29 is 14.4 Å². The standard InChI is InChI=1S/C21H21N3O3/c1-2-14-7-9-16(10-8-14)22-18(25)13-24-19(26)21(23-20(24)27)12-11-15-5-3-4-6-17(15)21/h3-10H,2,11-13H2,1H3,(H,22,25)(H,23,27). The molecule has 0 radical (unpaired) electrons. The Morgan fingerprint density at radius 3 is 2.63 bits per heavy atom. The fourth-order valence-electron chi connectivity index (χ4n) is 3.90. The first kappa shape index (κ1) is 17.3. The first-order chi connectivity index (χ1) is 13.0. The fourth-order valence-corrected chi connectivity index (χ4v) is 3.90. The second-order valence-electron chi connectivity index (χ2n) is 6.98. The monoisotopic (exact) mass is 363 g/mol. The lowest BCUT2D eigenvalue weighted by Crippen LogP contribution is -2.42. The van der Waals surface area contributed by atoms with Crippen LogP contribution in [0.4, 0.5) is 10.5 Å². The average molecular weight is 363 g/mol. The molecule has 1 aliphatic carbocycles. The Morgan fingerprint density at radius 1 is 1.15 bits per heavy atom. The van der Waals surface area contributed by atoms with Crippen LogP contribution in [0.2, 0.25) is 0 Å². The second-order valence-corrected chi connectivity index (χ2v) is 6.98. The van der Waals surface area contributed by atoms with Crippen molar-refractivity contribution in [1.82, 2.24) is 10.2 Å². The molecule has 4 amide bonds. The molecule has 4 rings (SSSR count). The molecule has 1 atom stereocenters. The number of aryl methyl sites for hydroxylation is 2. The number of nitrogens with one attached hydrogen (secondary N) is 2. The van der Waals surface area contributed by atoms with E-state index in [2.05, 4.69) is 17.6 Å². The predicted molar refractivity (Wildman–Crippen MR) is 101 cm³/mol. The summed E-state index contributed by atoms with van der Waals surface area (Å²) in [5.74, 6) is -0.750. The van der Waals surface area contributed by atoms with Gasteiger partial charge in [-0.3, -0.25) is 14.5 Å². The summed E-state index contributed by atoms with van der Waals surface area (Å²) in [6.07, 6.45) is 2.17. The van der Waals surface area contributed by atoms with Crippen molar-refractivity contribution in [3.05, 3.63) is 65.2 Å². The maximum Gasteiger partial charge on any atom is 0.325 e. The maximum absolute atomic E-state index is 13.0. The lowest BCUT2D eigenvalue weighted by molar-refractivity contribution is -0.134. The summed E-state index contributed by atoms with van der Waals surface area (Å²) in [5, 5.41) is 5.57. The third-order valence-electron chi connectivity index (χ3n) is 5.37. The van der Waals surface area contributed by atoms with Crippen LogP contribution in [0.3, 0.4) is 0 Å². The number of imide groups is 1. The Labute approximate surface area is 157 Å². The largest absolute Gasteiger partial charge is 0.325 e. The van der Waals surface area contributed by atoms with E-state index in [0.717, 1.165) is 28.9 Å². The van der Waals surface area contributed by atoms with Crippen molar-refractivity contribution in [3.8, 4) is 0 Å². The van der Waals surface area contributed by atoms with E-state index < -0.39 is 17.5 Å². The van der Waals surface area contributed by atoms with E-state index in [1.54, 1.807) is 0 Å². The van der Waals surface area contributed by atoms with Crippen LogP contribution in [0.5, 0.6) is 0 Å². The fraction of sp³-hybridized carbons (Fsp3) is 0.286. The number of urea groups is 1. The number of hydrogen-bond donors (Lipinski definition) is 2. The highest BCUT2D eigenvalue weighted by molar-refractivity contribution is 6.10. The van der Waals surface area contributed by atoms with E-state index in [4.69, 9.17) is 0 Å². The van der Waals surface area contributed by atoms with E-state index in [9.17, 15) is 14.4 Å². The van der Waals surface area contributed by atoms with Gasteiger partial charge in [-0.1, -0.05) is 43.3 Å². The topological polar surface area (TPSA) is 78.5 Å². The van der Waals surface area contributed by atoms with Crippen LogP contribution in [0.15, 0.2) is 48.5 Å². The number of nitrogens with zero attached hydrogens (tertiary/aromatic N) is 1. The van der Waals surface area contributed by atoms with E-state index in [1.807, 2.05) is 48.5 Å². The Kier molecular flexibility index (Phi) is 4.18. The van der Waals surface area contributed by atoms with Crippen LogP contribution in [-0.2, 0) is 28.0 Å². The molecule has 2 aliphatic rings. The molecule has 0 saturated carbocycles. The summed E-state index contributed by atoms with van der Waals surface area (Å²) in [6, 6.07) is 14.6. The third kappa shape index (κ3) is 2.87. The second kappa shape index (κ2) is 6.54. The number of hydrogen-bond acceptors (Lipinski definition) is 3. The van der Waals surface area contributed by atoms with Crippen molar-refractivity contribution in [2.75, 3.05) is 11.9 Å². The number of fused-ring (bicyclic) bond motifs is 2. The van der Waals surface area contributed by atoms with Gasteiger partial charge < -0.3 is 10.6 Å². The molecule has 1 heterocycles. The van der Waals surface area contributed by atoms with Gasteiger partial charge in [0.25, 0.3) is 5.91 Å². The average Bonchev–Trinajstić information content (AvgIpc) is 3.16. The number of benzene rings is 2. The van der Waals surface area contributed by atoms with Gasteiger partial charge in [0.1, 0.15) is 12.1 Å². The van der Waals surface area contributed by atoms with Gasteiger partial charge in [0, 0.05) is 5.69 Å². The third-order valence-corrected chi connectivity index (χ3v) is 5.37. The first-order valence-corrected chi connectivity index (χ1v) is 9.15.